The van der Waals surface area contributed by atoms with E-state index in [0.717, 1.165) is 17.7 Å². The van der Waals surface area contributed by atoms with Crippen molar-refractivity contribution in [3.8, 4) is 5.75 Å². The predicted octanol–water partition coefficient (Wildman–Crippen LogP) is 3.33. The summed E-state index contributed by atoms with van der Waals surface area (Å²) < 4.78 is 5.70. The molecule has 2 heteroatoms. The van der Waals surface area contributed by atoms with Crippen molar-refractivity contribution < 1.29 is 4.74 Å². The van der Waals surface area contributed by atoms with Crippen LogP contribution in [-0.4, -0.2) is 6.61 Å². The number of ether oxygens (including phenoxy) is 1. The first kappa shape index (κ1) is 12.7. The monoisotopic (exact) mass is 241 g/mol. The Bertz CT molecular complexity index is 462. The van der Waals surface area contributed by atoms with Crippen LogP contribution >= 0.6 is 0 Å². The van der Waals surface area contributed by atoms with Gasteiger partial charge in [0.25, 0.3) is 0 Å². The fraction of sp³-hybridized carbons (Fsp3) is 0.250. The average Bonchev–Trinajstić information content (AvgIpc) is 2.40. The van der Waals surface area contributed by atoms with Gasteiger partial charge in [-0.25, -0.2) is 0 Å². The van der Waals surface area contributed by atoms with Gasteiger partial charge in [-0.3, -0.25) is 0 Å². The summed E-state index contributed by atoms with van der Waals surface area (Å²) in [7, 11) is 0. The molecule has 0 heterocycles. The van der Waals surface area contributed by atoms with E-state index in [-0.39, 0.29) is 6.04 Å². The Morgan fingerprint density at radius 1 is 1.00 bits per heavy atom. The molecule has 94 valence electrons. The Morgan fingerprint density at radius 2 is 1.67 bits per heavy atom. The van der Waals surface area contributed by atoms with Crippen LogP contribution < -0.4 is 10.5 Å². The highest BCUT2D eigenvalue weighted by atomic mass is 16.5. The van der Waals surface area contributed by atoms with Crippen molar-refractivity contribution in [2.24, 2.45) is 5.73 Å². The minimum atomic E-state index is 0.0726. The quantitative estimate of drug-likeness (QED) is 0.871. The molecule has 0 aliphatic carbocycles. The summed E-state index contributed by atoms with van der Waals surface area (Å²) in [6.07, 6.45) is 0.926. The zero-order valence-corrected chi connectivity index (χ0v) is 10.7. The van der Waals surface area contributed by atoms with E-state index in [4.69, 9.17) is 10.5 Å². The molecule has 0 unspecified atom stereocenters. The van der Waals surface area contributed by atoms with Gasteiger partial charge >= 0.3 is 0 Å². The first-order valence-corrected chi connectivity index (χ1v) is 6.28. The summed E-state index contributed by atoms with van der Waals surface area (Å²) in [5.74, 6) is 0.898. The molecule has 1 atom stereocenters. The summed E-state index contributed by atoms with van der Waals surface area (Å²) in [6.45, 7) is 2.67. The normalized spacial score (nSPS) is 12.1. The van der Waals surface area contributed by atoms with Crippen molar-refractivity contribution in [2.75, 3.05) is 6.61 Å². The van der Waals surface area contributed by atoms with Gasteiger partial charge in [-0.2, -0.15) is 0 Å². The van der Waals surface area contributed by atoms with E-state index >= 15 is 0 Å². The van der Waals surface area contributed by atoms with Crippen LogP contribution in [0, 0.1) is 0 Å². The molecule has 2 rings (SSSR count). The largest absolute Gasteiger partial charge is 0.493 e. The summed E-state index contributed by atoms with van der Waals surface area (Å²) in [5.41, 5.74) is 8.23. The maximum absolute atomic E-state index is 5.80. The van der Waals surface area contributed by atoms with Crippen molar-refractivity contribution in [1.82, 2.24) is 0 Å². The van der Waals surface area contributed by atoms with Crippen LogP contribution in [0.1, 0.15) is 24.1 Å². The van der Waals surface area contributed by atoms with Gasteiger partial charge in [-0.1, -0.05) is 42.5 Å². The van der Waals surface area contributed by atoms with E-state index < -0.39 is 0 Å². The van der Waals surface area contributed by atoms with Gasteiger partial charge in [0.1, 0.15) is 5.75 Å². The Labute approximate surface area is 108 Å². The van der Waals surface area contributed by atoms with Gasteiger partial charge < -0.3 is 10.5 Å². The van der Waals surface area contributed by atoms with Crippen LogP contribution in [0.25, 0.3) is 0 Å². The van der Waals surface area contributed by atoms with Gasteiger partial charge in [0.2, 0.25) is 0 Å². The van der Waals surface area contributed by atoms with Crippen molar-refractivity contribution in [3.05, 3.63) is 65.7 Å². The van der Waals surface area contributed by atoms with Crippen LogP contribution in [0.5, 0.6) is 5.75 Å². The van der Waals surface area contributed by atoms with Gasteiger partial charge in [0, 0.05) is 12.5 Å². The van der Waals surface area contributed by atoms with Gasteiger partial charge in [-0.05, 0) is 30.2 Å². The summed E-state index contributed by atoms with van der Waals surface area (Å²) >= 11 is 0. The van der Waals surface area contributed by atoms with Gasteiger partial charge in [-0.15, -0.1) is 0 Å². The molecule has 0 bridgehead atoms. The molecule has 2 aromatic rings. The molecule has 0 fully saturated rings. The third-order valence-electron chi connectivity index (χ3n) is 2.91. The van der Waals surface area contributed by atoms with E-state index in [2.05, 4.69) is 12.1 Å². The molecular weight excluding hydrogens is 222 g/mol. The molecule has 0 amide bonds. The average molecular weight is 241 g/mol. The van der Waals surface area contributed by atoms with Gasteiger partial charge in [0.05, 0.1) is 6.61 Å². The van der Waals surface area contributed by atoms with E-state index in [0.29, 0.717) is 6.61 Å². The molecule has 2 N–H and O–H groups in total. The standard InChI is InChI=1S/C16H19NO/c1-13(17)15-7-9-16(10-8-15)18-12-11-14-5-3-2-4-6-14/h2-10,13H,11-12,17H2,1H3/t13-/m1/s1. The number of nitrogens with two attached hydrogens (primary N) is 1. The second kappa shape index (κ2) is 6.22. The lowest BCUT2D eigenvalue weighted by Crippen LogP contribution is -2.05. The number of hydrogen-bond donors (Lipinski definition) is 1. The van der Waals surface area contributed by atoms with Crippen molar-refractivity contribution in [2.45, 2.75) is 19.4 Å². The highest BCUT2D eigenvalue weighted by molar-refractivity contribution is 5.28. The lowest BCUT2D eigenvalue weighted by molar-refractivity contribution is 0.322. The molecule has 0 radical (unpaired) electrons. The Balaban J connectivity index is 1.83. The summed E-state index contributed by atoms with van der Waals surface area (Å²) in [6, 6.07) is 18.4. The molecule has 0 spiro atoms. The molecule has 0 saturated carbocycles. The van der Waals surface area contributed by atoms with Crippen LogP contribution in [0.4, 0.5) is 0 Å². The molecular formula is C16H19NO. The van der Waals surface area contributed by atoms with E-state index in [1.54, 1.807) is 0 Å². The Morgan fingerprint density at radius 3 is 2.28 bits per heavy atom. The maximum Gasteiger partial charge on any atom is 0.119 e. The Hall–Kier alpha value is -1.80. The van der Waals surface area contributed by atoms with Gasteiger partial charge in [0.15, 0.2) is 0 Å². The number of hydrogen-bond acceptors (Lipinski definition) is 2. The smallest absolute Gasteiger partial charge is 0.119 e. The summed E-state index contributed by atoms with van der Waals surface area (Å²) in [4.78, 5) is 0. The van der Waals surface area contributed by atoms with Crippen LogP contribution in [-0.2, 0) is 6.42 Å². The van der Waals surface area contributed by atoms with E-state index in [1.807, 2.05) is 49.4 Å². The van der Waals surface area contributed by atoms with Crippen molar-refractivity contribution in [1.29, 1.82) is 0 Å². The molecule has 2 aromatic carbocycles. The fourth-order valence-electron chi connectivity index (χ4n) is 1.80. The topological polar surface area (TPSA) is 35.2 Å². The minimum Gasteiger partial charge on any atom is -0.493 e. The van der Waals surface area contributed by atoms with E-state index in [9.17, 15) is 0 Å². The van der Waals surface area contributed by atoms with Crippen LogP contribution in [0.2, 0.25) is 0 Å². The maximum atomic E-state index is 5.80. The highest BCUT2D eigenvalue weighted by Gasteiger charge is 1.99. The molecule has 0 saturated heterocycles. The minimum absolute atomic E-state index is 0.0726. The third kappa shape index (κ3) is 3.60. The van der Waals surface area contributed by atoms with Crippen molar-refractivity contribution >= 4 is 0 Å². The molecule has 0 aliphatic heterocycles. The zero-order valence-electron chi connectivity index (χ0n) is 10.7. The predicted molar refractivity (Wildman–Crippen MR) is 74.7 cm³/mol. The second-order valence-electron chi connectivity index (χ2n) is 4.44. The molecule has 0 aliphatic rings. The van der Waals surface area contributed by atoms with Crippen LogP contribution in [0.15, 0.2) is 54.6 Å². The first-order valence-electron chi connectivity index (χ1n) is 6.28. The lowest BCUT2D eigenvalue weighted by Gasteiger charge is -2.09. The molecule has 2 nitrogen and oxygen atoms in total. The first-order chi connectivity index (χ1) is 8.75. The molecule has 0 aromatic heterocycles. The second-order valence-corrected chi connectivity index (χ2v) is 4.44. The SMILES string of the molecule is C[C@@H](N)c1ccc(OCCc2ccccc2)cc1. The third-order valence-corrected chi connectivity index (χ3v) is 2.91. The lowest BCUT2D eigenvalue weighted by atomic mass is 10.1. The number of rotatable bonds is 5. The number of benzene rings is 2. The zero-order chi connectivity index (χ0) is 12.8. The van der Waals surface area contributed by atoms with Crippen molar-refractivity contribution in [3.63, 3.8) is 0 Å². The van der Waals surface area contributed by atoms with Crippen LogP contribution in [0.3, 0.4) is 0 Å². The highest BCUT2D eigenvalue weighted by Crippen LogP contribution is 2.16. The Kier molecular flexibility index (Phi) is 4.37. The summed E-state index contributed by atoms with van der Waals surface area (Å²) in [5, 5.41) is 0. The molecule has 18 heavy (non-hydrogen) atoms. The fourth-order valence-corrected chi connectivity index (χ4v) is 1.80. The van der Waals surface area contributed by atoms with E-state index in [1.165, 1.54) is 5.56 Å².